The second-order valence-electron chi connectivity index (χ2n) is 4.88. The number of fused-ring (bicyclic) bond motifs is 1. The van der Waals surface area contributed by atoms with Gasteiger partial charge in [-0.2, -0.15) is 0 Å². The van der Waals surface area contributed by atoms with E-state index in [1.807, 2.05) is 13.8 Å². The monoisotopic (exact) mass is 338 g/mol. The summed E-state index contributed by atoms with van der Waals surface area (Å²) in [5.74, 6) is 0.649. The smallest absolute Gasteiger partial charge is 0.247 e. The van der Waals surface area contributed by atoms with Gasteiger partial charge in [0.15, 0.2) is 11.5 Å². The van der Waals surface area contributed by atoms with Crippen LogP contribution in [0.3, 0.4) is 0 Å². The van der Waals surface area contributed by atoms with Crippen LogP contribution in [0, 0.1) is 0 Å². The molecule has 0 spiro atoms. The van der Waals surface area contributed by atoms with E-state index in [-0.39, 0.29) is 25.2 Å². The van der Waals surface area contributed by atoms with E-state index < -0.39 is 0 Å². The Balaban J connectivity index is 2.05. The van der Waals surface area contributed by atoms with Crippen LogP contribution in [-0.2, 0) is 9.59 Å². The number of hydrogen-bond acceptors (Lipinski definition) is 4. The molecule has 1 aromatic rings. The Bertz CT molecular complexity index is 631. The normalized spacial score (nSPS) is 12.5. The zero-order valence-electron chi connectivity index (χ0n) is 13.1. The minimum Gasteiger partial charge on any atom is -0.454 e. The van der Waals surface area contributed by atoms with Crippen molar-refractivity contribution in [2.24, 2.45) is 0 Å². The highest BCUT2D eigenvalue weighted by Crippen LogP contribution is 2.40. The highest BCUT2D eigenvalue weighted by Gasteiger charge is 2.18. The van der Waals surface area contributed by atoms with Gasteiger partial charge in [-0.3, -0.25) is 9.59 Å². The van der Waals surface area contributed by atoms with Crippen LogP contribution in [0.25, 0.3) is 6.08 Å². The molecular weight excluding hydrogens is 320 g/mol. The maximum Gasteiger partial charge on any atom is 0.247 e. The molecule has 2 rings (SSSR count). The van der Waals surface area contributed by atoms with Crippen molar-refractivity contribution in [3.05, 3.63) is 28.8 Å². The molecule has 0 saturated carbocycles. The van der Waals surface area contributed by atoms with Gasteiger partial charge in [0.2, 0.25) is 18.6 Å². The van der Waals surface area contributed by atoms with Crippen LogP contribution in [-0.4, -0.2) is 43.1 Å². The maximum atomic E-state index is 12.2. The molecule has 1 heterocycles. The van der Waals surface area contributed by atoms with Crippen molar-refractivity contribution in [1.29, 1.82) is 0 Å². The Labute approximate surface area is 140 Å². The van der Waals surface area contributed by atoms with Crippen molar-refractivity contribution >= 4 is 29.5 Å². The van der Waals surface area contributed by atoms with Gasteiger partial charge < -0.3 is 19.7 Å². The van der Waals surface area contributed by atoms with Crippen LogP contribution in [0.2, 0.25) is 5.02 Å². The van der Waals surface area contributed by atoms with Crippen molar-refractivity contribution in [1.82, 2.24) is 10.2 Å². The molecule has 23 heavy (non-hydrogen) atoms. The van der Waals surface area contributed by atoms with Gasteiger partial charge in [-0.25, -0.2) is 0 Å². The van der Waals surface area contributed by atoms with Crippen molar-refractivity contribution in [3.8, 4) is 11.5 Å². The first-order valence-corrected chi connectivity index (χ1v) is 7.75. The Morgan fingerprint density at radius 2 is 2.13 bits per heavy atom. The summed E-state index contributed by atoms with van der Waals surface area (Å²) < 4.78 is 10.5. The lowest BCUT2D eigenvalue weighted by Crippen LogP contribution is -2.39. The highest BCUT2D eigenvalue weighted by atomic mass is 35.5. The summed E-state index contributed by atoms with van der Waals surface area (Å²) in [5, 5.41) is 3.10. The third kappa shape index (κ3) is 4.39. The molecule has 0 aliphatic carbocycles. The number of ether oxygens (including phenoxy) is 2. The molecule has 0 unspecified atom stereocenters. The van der Waals surface area contributed by atoms with Gasteiger partial charge in [0, 0.05) is 19.2 Å². The van der Waals surface area contributed by atoms with E-state index in [9.17, 15) is 9.59 Å². The van der Waals surface area contributed by atoms with Crippen molar-refractivity contribution in [2.45, 2.75) is 13.8 Å². The van der Waals surface area contributed by atoms with Crippen molar-refractivity contribution in [3.63, 3.8) is 0 Å². The van der Waals surface area contributed by atoms with Gasteiger partial charge in [-0.15, -0.1) is 0 Å². The fourth-order valence-electron chi connectivity index (χ4n) is 2.13. The average Bonchev–Trinajstić information content (AvgIpc) is 2.99. The largest absolute Gasteiger partial charge is 0.454 e. The molecule has 1 aromatic carbocycles. The lowest BCUT2D eigenvalue weighted by molar-refractivity contribution is -0.132. The van der Waals surface area contributed by atoms with E-state index in [0.29, 0.717) is 29.6 Å². The number of nitrogens with one attached hydrogen (secondary N) is 1. The fraction of sp³-hybridized carbons (Fsp3) is 0.375. The van der Waals surface area contributed by atoms with Gasteiger partial charge in [0.25, 0.3) is 0 Å². The summed E-state index contributed by atoms with van der Waals surface area (Å²) >= 11 is 6.10. The summed E-state index contributed by atoms with van der Waals surface area (Å²) in [4.78, 5) is 25.2. The Morgan fingerprint density at radius 3 is 2.83 bits per heavy atom. The van der Waals surface area contributed by atoms with E-state index in [0.717, 1.165) is 5.56 Å². The van der Waals surface area contributed by atoms with Crippen molar-refractivity contribution in [2.75, 3.05) is 26.4 Å². The number of carbonyl (C=O) groups is 2. The number of likely N-dealkylation sites (N-methyl/N-ethyl adjacent to an activating group) is 2. The van der Waals surface area contributed by atoms with Crippen LogP contribution >= 0.6 is 11.6 Å². The number of halogens is 1. The molecule has 0 fully saturated rings. The number of carbonyl (C=O) groups excluding carboxylic acids is 2. The van der Waals surface area contributed by atoms with Gasteiger partial charge >= 0.3 is 0 Å². The first-order valence-electron chi connectivity index (χ1n) is 7.38. The molecule has 0 saturated heterocycles. The topological polar surface area (TPSA) is 67.9 Å². The average molecular weight is 339 g/mol. The predicted molar refractivity (Wildman–Crippen MR) is 87.5 cm³/mol. The zero-order valence-corrected chi connectivity index (χ0v) is 13.9. The van der Waals surface area contributed by atoms with Crippen LogP contribution in [0.5, 0.6) is 11.5 Å². The Hall–Kier alpha value is -2.21. The number of nitrogens with zero attached hydrogens (tertiary/aromatic N) is 1. The number of hydrogen-bond donors (Lipinski definition) is 1. The molecule has 0 bridgehead atoms. The summed E-state index contributed by atoms with van der Waals surface area (Å²) in [7, 11) is 0. The molecule has 2 amide bonds. The molecular formula is C16H19ClN2O4. The minimum atomic E-state index is -0.243. The van der Waals surface area contributed by atoms with Gasteiger partial charge in [-0.05, 0) is 37.6 Å². The van der Waals surface area contributed by atoms with Gasteiger partial charge in [0.1, 0.15) is 0 Å². The number of benzene rings is 1. The number of amides is 2. The predicted octanol–water partition coefficient (Wildman–Crippen LogP) is 2.07. The van der Waals surface area contributed by atoms with E-state index in [1.54, 1.807) is 18.2 Å². The summed E-state index contributed by atoms with van der Waals surface area (Å²) in [5.41, 5.74) is 0.724. The molecule has 0 aromatic heterocycles. The zero-order chi connectivity index (χ0) is 16.8. The fourth-order valence-corrected chi connectivity index (χ4v) is 2.40. The third-order valence-electron chi connectivity index (χ3n) is 3.27. The minimum absolute atomic E-state index is 0.0371. The summed E-state index contributed by atoms with van der Waals surface area (Å²) in [6.45, 7) is 4.81. The van der Waals surface area contributed by atoms with Crippen molar-refractivity contribution < 1.29 is 19.1 Å². The maximum absolute atomic E-state index is 12.2. The quantitative estimate of drug-likeness (QED) is 0.806. The first-order chi connectivity index (χ1) is 11.0. The van der Waals surface area contributed by atoms with Gasteiger partial charge in [0.05, 0.1) is 11.6 Å². The second kappa shape index (κ2) is 7.87. The van der Waals surface area contributed by atoms with E-state index >= 15 is 0 Å². The highest BCUT2D eigenvalue weighted by molar-refractivity contribution is 6.32. The van der Waals surface area contributed by atoms with Crippen LogP contribution in [0.15, 0.2) is 18.2 Å². The Morgan fingerprint density at radius 1 is 1.35 bits per heavy atom. The van der Waals surface area contributed by atoms with E-state index in [4.69, 9.17) is 21.1 Å². The molecule has 124 valence electrons. The summed E-state index contributed by atoms with van der Waals surface area (Å²) in [6.07, 6.45) is 3.05. The number of rotatable bonds is 6. The van der Waals surface area contributed by atoms with Crippen LogP contribution < -0.4 is 14.8 Å². The van der Waals surface area contributed by atoms with Crippen LogP contribution in [0.1, 0.15) is 19.4 Å². The Kier molecular flexibility index (Phi) is 5.87. The van der Waals surface area contributed by atoms with Gasteiger partial charge in [-0.1, -0.05) is 11.6 Å². The SMILES string of the molecule is CCNC(=O)CN(CC)C(=O)/C=C/c1cc(Cl)c2c(c1)OCO2. The lowest BCUT2D eigenvalue weighted by atomic mass is 10.2. The summed E-state index contributed by atoms with van der Waals surface area (Å²) in [6, 6.07) is 3.44. The molecule has 1 aliphatic rings. The van der Waals surface area contributed by atoms with E-state index in [1.165, 1.54) is 11.0 Å². The van der Waals surface area contributed by atoms with E-state index in [2.05, 4.69) is 5.32 Å². The molecule has 7 heteroatoms. The third-order valence-corrected chi connectivity index (χ3v) is 3.55. The molecule has 1 aliphatic heterocycles. The first kappa shape index (κ1) is 17.1. The second-order valence-corrected chi connectivity index (χ2v) is 5.28. The lowest BCUT2D eigenvalue weighted by Gasteiger charge is -2.18. The van der Waals surface area contributed by atoms with Crippen LogP contribution in [0.4, 0.5) is 0 Å². The molecule has 0 radical (unpaired) electrons. The molecule has 0 atom stereocenters. The molecule has 1 N–H and O–H groups in total. The molecule has 6 nitrogen and oxygen atoms in total. The standard InChI is InChI=1S/C16H19ClN2O4/c1-3-18-14(20)9-19(4-2)15(21)6-5-11-7-12(17)16-13(8-11)22-10-23-16/h5-8H,3-4,9-10H2,1-2H3,(H,18,20)/b6-5+.